The molecule has 8 heteroatoms. The van der Waals surface area contributed by atoms with Crippen molar-refractivity contribution in [1.29, 1.82) is 5.26 Å². The fraction of sp³-hybridized carbons (Fsp3) is 0. The van der Waals surface area contributed by atoms with E-state index in [0.717, 1.165) is 0 Å². The number of hydrogen-bond acceptors (Lipinski definition) is 3. The van der Waals surface area contributed by atoms with E-state index in [9.17, 15) is 15.2 Å². The zero-order valence-electron chi connectivity index (χ0n) is 11.8. The summed E-state index contributed by atoms with van der Waals surface area (Å²) in [5, 5.41) is 22.3. The quantitative estimate of drug-likeness (QED) is 0.304. The highest BCUT2D eigenvalue weighted by Gasteiger charge is 2.14. The van der Waals surface area contributed by atoms with Crippen LogP contribution in [0.25, 0.3) is 6.08 Å². The Labute approximate surface area is 170 Å². The number of hydrogen-bond donors (Lipinski definition) is 2. The van der Waals surface area contributed by atoms with Crippen LogP contribution in [0.15, 0.2) is 40.4 Å². The maximum atomic E-state index is 12.3. The summed E-state index contributed by atoms with van der Waals surface area (Å²) in [6, 6.07) is 9.92. The standard InChI is InChI=1S/C16H8BrCl2IN2O2/c17-10-5-8(15(23)12(20)6-10)4-9(7-21)16(24)22-13-3-1-2-11(18)14(13)19/h1-6,23H,(H,22,24)/b9-4+. The number of amides is 1. The number of nitriles is 1. The Morgan fingerprint density at radius 1 is 1.38 bits per heavy atom. The summed E-state index contributed by atoms with van der Waals surface area (Å²) >= 11 is 17.2. The fourth-order valence-electron chi connectivity index (χ4n) is 1.79. The van der Waals surface area contributed by atoms with Gasteiger partial charge in [0.1, 0.15) is 17.4 Å². The van der Waals surface area contributed by atoms with Gasteiger partial charge in [-0.05, 0) is 52.9 Å². The van der Waals surface area contributed by atoms with Crippen LogP contribution < -0.4 is 5.32 Å². The SMILES string of the molecule is N#C/C(=C\c1cc(Br)cc(I)c1O)C(=O)Nc1cccc(Cl)c1Cl. The van der Waals surface area contributed by atoms with Crippen LogP contribution in [0.3, 0.4) is 0 Å². The molecule has 0 atom stereocenters. The molecule has 2 rings (SSSR count). The molecule has 0 saturated carbocycles. The van der Waals surface area contributed by atoms with Crippen molar-refractivity contribution in [1.82, 2.24) is 0 Å². The number of rotatable bonds is 3. The van der Waals surface area contributed by atoms with Crippen molar-refractivity contribution in [2.45, 2.75) is 0 Å². The molecule has 0 aromatic heterocycles. The number of benzene rings is 2. The van der Waals surface area contributed by atoms with Gasteiger partial charge in [0.2, 0.25) is 0 Å². The number of carbonyl (C=O) groups excluding carboxylic acids is 1. The fourth-order valence-corrected chi connectivity index (χ4v) is 3.69. The molecule has 0 fully saturated rings. The van der Waals surface area contributed by atoms with Crippen LogP contribution in [0, 0.1) is 14.9 Å². The van der Waals surface area contributed by atoms with E-state index in [2.05, 4.69) is 21.2 Å². The lowest BCUT2D eigenvalue weighted by atomic mass is 10.1. The van der Waals surface area contributed by atoms with Crippen molar-refractivity contribution >= 4 is 79.4 Å². The van der Waals surface area contributed by atoms with Crippen LogP contribution in [-0.4, -0.2) is 11.0 Å². The predicted octanol–water partition coefficient (Wildman–Crippen LogP) is 5.61. The van der Waals surface area contributed by atoms with Crippen molar-refractivity contribution in [2.75, 3.05) is 5.32 Å². The average molecular weight is 538 g/mol. The minimum Gasteiger partial charge on any atom is -0.506 e. The van der Waals surface area contributed by atoms with E-state index >= 15 is 0 Å². The van der Waals surface area contributed by atoms with E-state index in [1.807, 2.05) is 28.7 Å². The molecule has 0 heterocycles. The second-order valence-corrected chi connectivity index (χ2v) is 7.41. The van der Waals surface area contributed by atoms with Crippen molar-refractivity contribution in [3.05, 3.63) is 59.6 Å². The lowest BCUT2D eigenvalue weighted by Crippen LogP contribution is -2.13. The molecule has 0 spiro atoms. The van der Waals surface area contributed by atoms with Gasteiger partial charge in [-0.2, -0.15) is 5.26 Å². The van der Waals surface area contributed by atoms with Gasteiger partial charge in [0, 0.05) is 10.0 Å². The molecular formula is C16H8BrCl2IN2O2. The minimum atomic E-state index is -0.656. The van der Waals surface area contributed by atoms with Gasteiger partial charge >= 0.3 is 0 Å². The molecule has 2 aromatic carbocycles. The number of halogens is 4. The highest BCUT2D eigenvalue weighted by Crippen LogP contribution is 2.31. The van der Waals surface area contributed by atoms with E-state index in [0.29, 0.717) is 19.3 Å². The van der Waals surface area contributed by atoms with Gasteiger partial charge in [0.25, 0.3) is 5.91 Å². The Kier molecular flexibility index (Phi) is 6.52. The van der Waals surface area contributed by atoms with E-state index in [1.165, 1.54) is 6.08 Å². The molecule has 0 aliphatic rings. The highest BCUT2D eigenvalue weighted by molar-refractivity contribution is 14.1. The topological polar surface area (TPSA) is 73.1 Å². The summed E-state index contributed by atoms with van der Waals surface area (Å²) in [6.45, 7) is 0. The molecule has 122 valence electrons. The van der Waals surface area contributed by atoms with E-state index in [-0.39, 0.29) is 21.4 Å². The Bertz CT molecular complexity index is 894. The molecule has 2 N–H and O–H groups in total. The largest absolute Gasteiger partial charge is 0.506 e. The molecule has 1 amide bonds. The first kappa shape index (κ1) is 19.1. The number of anilines is 1. The zero-order chi connectivity index (χ0) is 17.9. The minimum absolute atomic E-state index is 0.0138. The molecule has 0 unspecified atom stereocenters. The molecule has 0 radical (unpaired) electrons. The van der Waals surface area contributed by atoms with Crippen LogP contribution in [-0.2, 0) is 4.79 Å². The summed E-state index contributed by atoms with van der Waals surface area (Å²) < 4.78 is 1.30. The summed E-state index contributed by atoms with van der Waals surface area (Å²) in [4.78, 5) is 12.3. The van der Waals surface area contributed by atoms with Gasteiger partial charge < -0.3 is 10.4 Å². The third-order valence-electron chi connectivity index (χ3n) is 2.92. The Hall–Kier alpha value is -1.27. The van der Waals surface area contributed by atoms with E-state index in [1.54, 1.807) is 30.3 Å². The van der Waals surface area contributed by atoms with Crippen LogP contribution in [0.5, 0.6) is 5.75 Å². The number of phenolic OH excluding ortho intramolecular Hbond substituents is 1. The molecule has 4 nitrogen and oxygen atoms in total. The Morgan fingerprint density at radius 3 is 2.75 bits per heavy atom. The normalized spacial score (nSPS) is 11.0. The van der Waals surface area contributed by atoms with Crippen LogP contribution in [0.1, 0.15) is 5.56 Å². The molecule has 2 aromatic rings. The highest BCUT2D eigenvalue weighted by atomic mass is 127. The summed E-state index contributed by atoms with van der Waals surface area (Å²) in [7, 11) is 0. The smallest absolute Gasteiger partial charge is 0.266 e. The van der Waals surface area contributed by atoms with E-state index in [4.69, 9.17) is 23.2 Å². The lowest BCUT2D eigenvalue weighted by molar-refractivity contribution is -0.112. The predicted molar refractivity (Wildman–Crippen MR) is 107 cm³/mol. The van der Waals surface area contributed by atoms with Crippen molar-refractivity contribution in [3.8, 4) is 11.8 Å². The first-order chi connectivity index (χ1) is 11.3. The van der Waals surface area contributed by atoms with Gasteiger partial charge in [-0.3, -0.25) is 4.79 Å². The van der Waals surface area contributed by atoms with Gasteiger partial charge in [0.05, 0.1) is 19.3 Å². The maximum absolute atomic E-state index is 12.3. The third-order valence-corrected chi connectivity index (χ3v) is 5.02. The van der Waals surface area contributed by atoms with Crippen LogP contribution in [0.2, 0.25) is 10.0 Å². The Morgan fingerprint density at radius 2 is 2.08 bits per heavy atom. The van der Waals surface area contributed by atoms with Crippen molar-refractivity contribution in [2.24, 2.45) is 0 Å². The lowest BCUT2D eigenvalue weighted by Gasteiger charge is -2.08. The molecule has 0 aliphatic heterocycles. The average Bonchev–Trinajstić information content (AvgIpc) is 2.53. The van der Waals surface area contributed by atoms with E-state index < -0.39 is 5.91 Å². The summed E-state index contributed by atoms with van der Waals surface area (Å²) in [6.07, 6.45) is 1.30. The van der Waals surface area contributed by atoms with Crippen molar-refractivity contribution < 1.29 is 9.90 Å². The Balaban J connectivity index is 2.37. The van der Waals surface area contributed by atoms with Crippen molar-refractivity contribution in [3.63, 3.8) is 0 Å². The number of aromatic hydroxyl groups is 1. The number of nitrogens with one attached hydrogen (secondary N) is 1. The van der Waals surface area contributed by atoms with Gasteiger partial charge in [-0.1, -0.05) is 45.2 Å². The molecule has 24 heavy (non-hydrogen) atoms. The zero-order valence-corrected chi connectivity index (χ0v) is 17.0. The van der Waals surface area contributed by atoms with Gasteiger partial charge in [0.15, 0.2) is 0 Å². The second-order valence-electron chi connectivity index (χ2n) is 4.55. The summed E-state index contributed by atoms with van der Waals surface area (Å²) in [5.41, 5.74) is 0.455. The van der Waals surface area contributed by atoms with Gasteiger partial charge in [-0.15, -0.1) is 0 Å². The molecular weight excluding hydrogens is 530 g/mol. The molecule has 0 aliphatic carbocycles. The number of carbonyl (C=O) groups is 1. The first-order valence-corrected chi connectivity index (χ1v) is 9.01. The third kappa shape index (κ3) is 4.42. The number of phenols is 1. The monoisotopic (exact) mass is 536 g/mol. The molecule has 0 bridgehead atoms. The van der Waals surface area contributed by atoms with Crippen LogP contribution >= 0.6 is 61.7 Å². The maximum Gasteiger partial charge on any atom is 0.266 e. The second kappa shape index (κ2) is 8.21. The van der Waals surface area contributed by atoms with Gasteiger partial charge in [-0.25, -0.2) is 0 Å². The number of nitrogens with zero attached hydrogens (tertiary/aromatic N) is 1. The van der Waals surface area contributed by atoms with Crippen LogP contribution in [0.4, 0.5) is 5.69 Å². The first-order valence-electron chi connectivity index (χ1n) is 6.38. The molecule has 0 saturated heterocycles. The summed E-state index contributed by atoms with van der Waals surface area (Å²) in [5.74, 6) is -0.670.